The van der Waals surface area contributed by atoms with E-state index in [1.165, 1.54) is 57.5 Å². The Labute approximate surface area is 309 Å². The molecule has 5 aromatic carbocycles. The molecule has 8 aromatic rings. The van der Waals surface area contributed by atoms with Crippen LogP contribution in [0.15, 0.2) is 121 Å². The average Bonchev–Trinajstić information content (AvgIpc) is 3.83. The Bertz CT molecular complexity index is 2700. The van der Waals surface area contributed by atoms with Gasteiger partial charge in [0, 0.05) is 53.4 Å². The predicted molar refractivity (Wildman–Crippen MR) is 217 cm³/mol. The number of anilines is 4. The van der Waals surface area contributed by atoms with Crippen molar-refractivity contribution in [2.24, 2.45) is 0 Å². The number of imidazole rings is 1. The fourth-order valence-electron chi connectivity index (χ4n) is 8.20. The first-order valence-corrected chi connectivity index (χ1v) is 18.7. The zero-order chi connectivity index (χ0) is 35.8. The molecule has 7 heteroatoms. The molecule has 53 heavy (non-hydrogen) atoms. The monoisotopic (exact) mass is 694 g/mol. The van der Waals surface area contributed by atoms with E-state index >= 15 is 0 Å². The van der Waals surface area contributed by atoms with Crippen molar-refractivity contribution in [2.45, 2.75) is 58.9 Å². The molecule has 0 saturated heterocycles. The maximum Gasteiger partial charge on any atom is 0.137 e. The lowest BCUT2D eigenvalue weighted by Crippen LogP contribution is -2.23. The van der Waals surface area contributed by atoms with Crippen LogP contribution >= 0.6 is 0 Å². The van der Waals surface area contributed by atoms with Crippen molar-refractivity contribution >= 4 is 55.6 Å². The summed E-state index contributed by atoms with van der Waals surface area (Å²) in [6, 6.07) is 41.2. The highest BCUT2D eigenvalue weighted by Gasteiger charge is 2.31. The van der Waals surface area contributed by atoms with Gasteiger partial charge in [0.15, 0.2) is 0 Å². The van der Waals surface area contributed by atoms with Crippen molar-refractivity contribution < 1.29 is 4.74 Å². The average molecular weight is 695 g/mol. The molecule has 10 rings (SSSR count). The molecule has 0 atom stereocenters. The van der Waals surface area contributed by atoms with Crippen LogP contribution in [0, 0.1) is 6.92 Å². The summed E-state index contributed by atoms with van der Waals surface area (Å²) in [7, 11) is 0. The van der Waals surface area contributed by atoms with Crippen LogP contribution in [0.25, 0.3) is 38.7 Å². The summed E-state index contributed by atoms with van der Waals surface area (Å²) in [6.07, 6.45) is 5.36. The maximum absolute atomic E-state index is 6.70. The van der Waals surface area contributed by atoms with Gasteiger partial charge in [0.25, 0.3) is 0 Å². The van der Waals surface area contributed by atoms with E-state index in [1.54, 1.807) is 0 Å². The van der Waals surface area contributed by atoms with Gasteiger partial charge >= 0.3 is 0 Å². The number of para-hydroxylation sites is 1. The van der Waals surface area contributed by atoms with E-state index in [0.717, 1.165) is 58.2 Å². The number of hydrogen-bond acceptors (Lipinski definition) is 5. The summed E-state index contributed by atoms with van der Waals surface area (Å²) >= 11 is 0. The molecule has 5 heterocycles. The van der Waals surface area contributed by atoms with Crippen LogP contribution < -0.4 is 14.5 Å². The summed E-state index contributed by atoms with van der Waals surface area (Å²) in [4.78, 5) is 14.8. The second-order valence-corrected chi connectivity index (χ2v) is 15.6. The molecule has 262 valence electrons. The standard InChI is InChI=1S/C46H42N6O/c1-30-15-17-32(18-16-30)50-29-51(42-27-38-41(28-43(42)50)49-23-8-7-14-44(49)48-38)33-10-9-11-34(25-33)53-35-19-20-37-36-12-5-6-13-39(36)52(40(37)26-35)45-24-31(21-22-47-45)46(2,3)4/h5-6,9-13,15-22,24-28H,7-8,14,23,29H2,1-4H3. The van der Waals surface area contributed by atoms with Crippen molar-refractivity contribution in [2.75, 3.05) is 16.5 Å². The summed E-state index contributed by atoms with van der Waals surface area (Å²) < 4.78 is 11.4. The molecule has 0 N–H and O–H groups in total. The molecular formula is C46H42N6O. The minimum absolute atomic E-state index is 0.00679. The molecule has 3 aromatic heterocycles. The summed E-state index contributed by atoms with van der Waals surface area (Å²) in [5.41, 5.74) is 11.6. The van der Waals surface area contributed by atoms with Crippen LogP contribution in [0.4, 0.5) is 22.7 Å². The highest BCUT2D eigenvalue weighted by Crippen LogP contribution is 2.47. The number of rotatable bonds is 5. The lowest BCUT2D eigenvalue weighted by molar-refractivity contribution is 0.483. The summed E-state index contributed by atoms with van der Waals surface area (Å²) in [5.74, 6) is 3.67. The number of pyridine rings is 1. The van der Waals surface area contributed by atoms with E-state index in [-0.39, 0.29) is 5.41 Å². The van der Waals surface area contributed by atoms with Crippen LogP contribution in [-0.2, 0) is 18.4 Å². The fraction of sp³-hybridized carbons (Fsp3) is 0.217. The molecular weight excluding hydrogens is 653 g/mol. The van der Waals surface area contributed by atoms with Gasteiger partial charge in [-0.2, -0.15) is 0 Å². The van der Waals surface area contributed by atoms with Gasteiger partial charge in [-0.25, -0.2) is 9.97 Å². The number of hydrogen-bond donors (Lipinski definition) is 0. The molecule has 0 fully saturated rings. The Balaban J connectivity index is 1.04. The SMILES string of the molecule is Cc1ccc(N2CN(c3cccc(Oc4ccc5c6ccccc6n(-c6cc(C(C)(C)C)ccn6)c5c4)c3)c3cc4nc5n(c4cc32)CCCC5)cc1. The second-order valence-electron chi connectivity index (χ2n) is 15.6. The molecule has 0 bridgehead atoms. The lowest BCUT2D eigenvalue weighted by Gasteiger charge is -2.22. The number of aryl methyl sites for hydroxylation is 3. The molecule has 0 unspecified atom stereocenters. The van der Waals surface area contributed by atoms with Gasteiger partial charge in [-0.15, -0.1) is 0 Å². The highest BCUT2D eigenvalue weighted by atomic mass is 16.5. The van der Waals surface area contributed by atoms with E-state index in [9.17, 15) is 0 Å². The Morgan fingerprint density at radius 1 is 0.660 bits per heavy atom. The quantitative estimate of drug-likeness (QED) is 0.179. The molecule has 7 nitrogen and oxygen atoms in total. The first kappa shape index (κ1) is 31.6. The van der Waals surface area contributed by atoms with Gasteiger partial charge in [0.05, 0.1) is 33.4 Å². The van der Waals surface area contributed by atoms with Crippen LogP contribution in [0.1, 0.15) is 50.6 Å². The highest BCUT2D eigenvalue weighted by molar-refractivity contribution is 6.09. The molecule has 0 aliphatic carbocycles. The van der Waals surface area contributed by atoms with Crippen molar-refractivity contribution in [1.82, 2.24) is 19.1 Å². The van der Waals surface area contributed by atoms with Crippen LogP contribution in [0.3, 0.4) is 0 Å². The third kappa shape index (κ3) is 5.33. The number of aromatic nitrogens is 4. The van der Waals surface area contributed by atoms with E-state index < -0.39 is 0 Å². The third-order valence-electron chi connectivity index (χ3n) is 11.0. The zero-order valence-corrected chi connectivity index (χ0v) is 30.7. The Morgan fingerprint density at radius 2 is 1.45 bits per heavy atom. The topological polar surface area (TPSA) is 51.4 Å². The minimum Gasteiger partial charge on any atom is -0.457 e. The number of nitrogens with zero attached hydrogens (tertiary/aromatic N) is 6. The van der Waals surface area contributed by atoms with E-state index in [4.69, 9.17) is 14.7 Å². The largest absolute Gasteiger partial charge is 0.457 e. The van der Waals surface area contributed by atoms with Gasteiger partial charge in [-0.1, -0.05) is 62.7 Å². The van der Waals surface area contributed by atoms with Crippen molar-refractivity contribution in [3.8, 4) is 17.3 Å². The molecule has 0 amide bonds. The number of fused-ring (bicyclic) bond motifs is 7. The van der Waals surface area contributed by atoms with Crippen LogP contribution in [-0.4, -0.2) is 25.8 Å². The Hall–Kier alpha value is -6.08. The molecule has 0 radical (unpaired) electrons. The molecule has 0 saturated carbocycles. The fourth-order valence-corrected chi connectivity index (χ4v) is 8.20. The number of ether oxygens (including phenoxy) is 1. The van der Waals surface area contributed by atoms with Gasteiger partial charge in [0.2, 0.25) is 0 Å². The maximum atomic E-state index is 6.70. The second kappa shape index (κ2) is 12.0. The van der Waals surface area contributed by atoms with E-state index in [2.05, 4.69) is 156 Å². The Kier molecular flexibility index (Phi) is 7.16. The van der Waals surface area contributed by atoms with Gasteiger partial charge in [0.1, 0.15) is 29.8 Å². The molecule has 2 aliphatic rings. The van der Waals surface area contributed by atoms with E-state index in [0.29, 0.717) is 6.67 Å². The number of benzene rings is 5. The van der Waals surface area contributed by atoms with Gasteiger partial charge in [-0.05, 0) is 97.5 Å². The van der Waals surface area contributed by atoms with Gasteiger partial charge in [-0.3, -0.25) is 4.57 Å². The first-order chi connectivity index (χ1) is 25.8. The zero-order valence-electron chi connectivity index (χ0n) is 30.7. The third-order valence-corrected chi connectivity index (χ3v) is 11.0. The van der Waals surface area contributed by atoms with Crippen molar-refractivity contribution in [1.29, 1.82) is 0 Å². The molecule has 2 aliphatic heterocycles. The van der Waals surface area contributed by atoms with E-state index in [1.807, 2.05) is 12.3 Å². The Morgan fingerprint density at radius 3 is 2.32 bits per heavy atom. The minimum atomic E-state index is 0.00679. The lowest BCUT2D eigenvalue weighted by atomic mass is 9.88. The van der Waals surface area contributed by atoms with Crippen molar-refractivity contribution in [3.63, 3.8) is 0 Å². The van der Waals surface area contributed by atoms with Gasteiger partial charge < -0.3 is 19.1 Å². The normalized spacial score (nSPS) is 14.3. The van der Waals surface area contributed by atoms with Crippen molar-refractivity contribution in [3.05, 3.63) is 138 Å². The smallest absolute Gasteiger partial charge is 0.137 e. The first-order valence-electron chi connectivity index (χ1n) is 18.7. The predicted octanol–water partition coefficient (Wildman–Crippen LogP) is 11.5. The van der Waals surface area contributed by atoms with Crippen LogP contribution in [0.5, 0.6) is 11.5 Å². The molecule has 0 spiro atoms. The summed E-state index contributed by atoms with van der Waals surface area (Å²) in [6.45, 7) is 10.6. The van der Waals surface area contributed by atoms with Crippen LogP contribution in [0.2, 0.25) is 0 Å². The summed E-state index contributed by atoms with van der Waals surface area (Å²) in [5, 5.41) is 2.36.